The van der Waals surface area contributed by atoms with Gasteiger partial charge < -0.3 is 10.3 Å². The van der Waals surface area contributed by atoms with E-state index in [1.807, 2.05) is 12.3 Å². The summed E-state index contributed by atoms with van der Waals surface area (Å²) in [6.45, 7) is 2.36. The average Bonchev–Trinajstić information content (AvgIpc) is 3.23. The lowest BCUT2D eigenvalue weighted by molar-refractivity contribution is 0.0950. The van der Waals surface area contributed by atoms with E-state index in [0.717, 1.165) is 21.8 Å². The number of rotatable bonds is 6. The van der Waals surface area contributed by atoms with Crippen LogP contribution in [0.5, 0.6) is 0 Å². The summed E-state index contributed by atoms with van der Waals surface area (Å²) in [7, 11) is -3.69. The number of amides is 1. The third-order valence-electron chi connectivity index (χ3n) is 3.79. The summed E-state index contributed by atoms with van der Waals surface area (Å²) in [4.78, 5) is 19.6. The zero-order chi connectivity index (χ0) is 18.7. The van der Waals surface area contributed by atoms with Crippen LogP contribution in [0.3, 0.4) is 0 Å². The summed E-state index contributed by atoms with van der Waals surface area (Å²) in [5.41, 5.74) is 3.09. The molecule has 2 heterocycles. The number of aromatic amines is 1. The quantitative estimate of drug-likeness (QED) is 0.597. The van der Waals surface area contributed by atoms with E-state index in [2.05, 4.69) is 15.3 Å². The Morgan fingerprint density at radius 1 is 1.31 bits per heavy atom. The van der Waals surface area contributed by atoms with Gasteiger partial charge in [-0.2, -0.15) is 0 Å². The molecule has 0 aliphatic carbocycles. The van der Waals surface area contributed by atoms with Gasteiger partial charge in [0.25, 0.3) is 5.91 Å². The van der Waals surface area contributed by atoms with Crippen molar-refractivity contribution < 1.29 is 13.2 Å². The van der Waals surface area contributed by atoms with E-state index in [1.165, 1.54) is 12.1 Å². The molecule has 26 heavy (non-hydrogen) atoms. The van der Waals surface area contributed by atoms with E-state index in [1.54, 1.807) is 35.7 Å². The number of aryl methyl sites for hydroxylation is 1. The summed E-state index contributed by atoms with van der Waals surface area (Å²) in [5, 5.41) is 10.8. The number of carbonyl (C=O) groups is 1. The van der Waals surface area contributed by atoms with Crippen LogP contribution in [0.1, 0.15) is 21.1 Å². The molecule has 1 aromatic carbocycles. The molecule has 2 aromatic heterocycles. The topological polar surface area (TPSA) is 118 Å². The Kier molecular flexibility index (Phi) is 5.21. The van der Waals surface area contributed by atoms with Gasteiger partial charge in [0.2, 0.25) is 10.0 Å². The molecule has 4 N–H and O–H groups in total. The van der Waals surface area contributed by atoms with Crippen LogP contribution < -0.4 is 10.5 Å². The lowest BCUT2D eigenvalue weighted by Crippen LogP contribution is -2.25. The van der Waals surface area contributed by atoms with Crippen LogP contribution in [0.4, 0.5) is 0 Å². The Labute approximate surface area is 155 Å². The molecule has 0 aliphatic heterocycles. The van der Waals surface area contributed by atoms with Crippen LogP contribution in [0, 0.1) is 6.92 Å². The summed E-state index contributed by atoms with van der Waals surface area (Å²) < 4.78 is 22.4. The summed E-state index contributed by atoms with van der Waals surface area (Å²) in [5.74, 6) is -0.204. The molecule has 0 saturated carbocycles. The SMILES string of the molecule is Cc1nc(-c2c[nH]c(C(=O)NCCc3ccc(S(N)(=O)=O)cc3)c2)cs1. The van der Waals surface area contributed by atoms with E-state index < -0.39 is 10.0 Å². The van der Waals surface area contributed by atoms with Crippen LogP contribution in [0.15, 0.2) is 46.8 Å². The van der Waals surface area contributed by atoms with E-state index in [9.17, 15) is 13.2 Å². The molecule has 7 nitrogen and oxygen atoms in total. The molecule has 136 valence electrons. The number of benzene rings is 1. The Hall–Kier alpha value is -2.49. The van der Waals surface area contributed by atoms with Crippen molar-refractivity contribution in [2.75, 3.05) is 6.54 Å². The normalized spacial score (nSPS) is 11.5. The molecule has 0 aliphatic rings. The minimum atomic E-state index is -3.69. The van der Waals surface area contributed by atoms with Gasteiger partial charge in [0, 0.05) is 23.7 Å². The highest BCUT2D eigenvalue weighted by Gasteiger charge is 2.11. The Bertz CT molecular complexity index is 1020. The third kappa shape index (κ3) is 4.37. The van der Waals surface area contributed by atoms with Crippen LogP contribution in [-0.4, -0.2) is 30.8 Å². The van der Waals surface area contributed by atoms with Crippen molar-refractivity contribution in [3.63, 3.8) is 0 Å². The maximum absolute atomic E-state index is 12.2. The second-order valence-electron chi connectivity index (χ2n) is 5.75. The molecule has 0 atom stereocenters. The number of nitrogens with one attached hydrogen (secondary N) is 2. The Balaban J connectivity index is 1.55. The zero-order valence-electron chi connectivity index (χ0n) is 14.0. The third-order valence-corrected chi connectivity index (χ3v) is 5.50. The first kappa shape index (κ1) is 18.3. The molecular weight excluding hydrogens is 372 g/mol. The van der Waals surface area contributed by atoms with Crippen molar-refractivity contribution in [1.82, 2.24) is 15.3 Å². The maximum atomic E-state index is 12.2. The number of nitrogens with two attached hydrogens (primary N) is 1. The smallest absolute Gasteiger partial charge is 0.267 e. The molecular formula is C17H18N4O3S2. The van der Waals surface area contributed by atoms with Gasteiger partial charge >= 0.3 is 0 Å². The number of hydrogen-bond donors (Lipinski definition) is 3. The monoisotopic (exact) mass is 390 g/mol. The summed E-state index contributed by atoms with van der Waals surface area (Å²) in [6.07, 6.45) is 2.34. The highest BCUT2D eigenvalue weighted by Crippen LogP contribution is 2.22. The molecule has 0 radical (unpaired) electrons. The number of H-pyrrole nitrogens is 1. The molecule has 0 fully saturated rings. The predicted octanol–water partition coefficient (Wildman–Crippen LogP) is 2.07. The zero-order valence-corrected chi connectivity index (χ0v) is 15.7. The van der Waals surface area contributed by atoms with Gasteiger partial charge in [-0.3, -0.25) is 4.79 Å². The van der Waals surface area contributed by atoms with Crippen molar-refractivity contribution in [1.29, 1.82) is 0 Å². The van der Waals surface area contributed by atoms with Crippen molar-refractivity contribution in [3.8, 4) is 11.3 Å². The number of hydrogen-bond acceptors (Lipinski definition) is 5. The first-order valence-electron chi connectivity index (χ1n) is 7.84. The molecule has 3 rings (SSSR count). The van der Waals surface area contributed by atoms with Crippen molar-refractivity contribution in [2.24, 2.45) is 5.14 Å². The van der Waals surface area contributed by atoms with Crippen LogP contribution in [0.2, 0.25) is 0 Å². The number of sulfonamides is 1. The van der Waals surface area contributed by atoms with Gasteiger partial charge in [0.1, 0.15) is 5.69 Å². The second kappa shape index (κ2) is 7.40. The molecule has 0 saturated heterocycles. The van der Waals surface area contributed by atoms with Crippen LogP contribution >= 0.6 is 11.3 Å². The molecule has 0 spiro atoms. The molecule has 0 unspecified atom stereocenters. The van der Waals surface area contributed by atoms with Crippen molar-refractivity contribution in [3.05, 3.63) is 58.2 Å². The fourth-order valence-electron chi connectivity index (χ4n) is 2.43. The molecule has 3 aromatic rings. The summed E-state index contributed by atoms with van der Waals surface area (Å²) >= 11 is 1.56. The largest absolute Gasteiger partial charge is 0.357 e. The number of carbonyl (C=O) groups excluding carboxylic acids is 1. The Morgan fingerprint density at radius 3 is 2.65 bits per heavy atom. The van der Waals surface area contributed by atoms with E-state index in [4.69, 9.17) is 5.14 Å². The lowest BCUT2D eigenvalue weighted by atomic mass is 10.1. The molecule has 0 bridgehead atoms. The van der Waals surface area contributed by atoms with Gasteiger partial charge in [0.05, 0.1) is 15.6 Å². The molecule has 9 heteroatoms. The highest BCUT2D eigenvalue weighted by molar-refractivity contribution is 7.89. The fourth-order valence-corrected chi connectivity index (χ4v) is 3.57. The maximum Gasteiger partial charge on any atom is 0.267 e. The van der Waals surface area contributed by atoms with Crippen molar-refractivity contribution >= 4 is 27.3 Å². The summed E-state index contributed by atoms with van der Waals surface area (Å²) in [6, 6.07) is 8.05. The number of thiazole rings is 1. The average molecular weight is 390 g/mol. The van der Waals surface area contributed by atoms with Crippen LogP contribution in [-0.2, 0) is 16.4 Å². The highest BCUT2D eigenvalue weighted by atomic mass is 32.2. The van der Waals surface area contributed by atoms with E-state index in [0.29, 0.717) is 18.7 Å². The van der Waals surface area contributed by atoms with Gasteiger partial charge in [-0.15, -0.1) is 11.3 Å². The second-order valence-corrected chi connectivity index (χ2v) is 8.37. The molecule has 1 amide bonds. The van der Waals surface area contributed by atoms with E-state index in [-0.39, 0.29) is 10.8 Å². The van der Waals surface area contributed by atoms with Gasteiger partial charge in [-0.05, 0) is 37.1 Å². The minimum Gasteiger partial charge on any atom is -0.357 e. The standard InChI is InChI=1S/C17H18N4O3S2/c1-11-21-16(10-25-11)13-8-15(20-9-13)17(22)19-7-6-12-2-4-14(5-3-12)26(18,23)24/h2-5,8-10,20H,6-7H2,1H3,(H,19,22)(H2,18,23,24). The first-order valence-corrected chi connectivity index (χ1v) is 10.3. The van der Waals surface area contributed by atoms with Gasteiger partial charge in [-0.1, -0.05) is 12.1 Å². The van der Waals surface area contributed by atoms with Gasteiger partial charge in [-0.25, -0.2) is 18.5 Å². The predicted molar refractivity (Wildman–Crippen MR) is 100 cm³/mol. The van der Waals surface area contributed by atoms with Crippen LogP contribution in [0.25, 0.3) is 11.3 Å². The first-order chi connectivity index (χ1) is 12.3. The van der Waals surface area contributed by atoms with Crippen molar-refractivity contribution in [2.45, 2.75) is 18.2 Å². The number of aromatic nitrogens is 2. The van der Waals surface area contributed by atoms with E-state index >= 15 is 0 Å². The number of primary sulfonamides is 1. The van der Waals surface area contributed by atoms with Gasteiger partial charge in [0.15, 0.2) is 0 Å². The minimum absolute atomic E-state index is 0.0708. The Morgan fingerprint density at radius 2 is 2.04 bits per heavy atom. The number of nitrogens with zero attached hydrogens (tertiary/aromatic N) is 1. The fraction of sp³-hybridized carbons (Fsp3) is 0.176. The lowest BCUT2D eigenvalue weighted by Gasteiger charge is -2.05.